The Morgan fingerprint density at radius 3 is 2.28 bits per heavy atom. The van der Waals surface area contributed by atoms with E-state index in [1.807, 2.05) is 38.1 Å². The van der Waals surface area contributed by atoms with Gasteiger partial charge < -0.3 is 10.1 Å². The normalized spacial score (nSPS) is 20.4. The van der Waals surface area contributed by atoms with Crippen molar-refractivity contribution in [3.05, 3.63) is 70.8 Å². The van der Waals surface area contributed by atoms with E-state index in [1.165, 1.54) is 18.2 Å². The van der Waals surface area contributed by atoms with Gasteiger partial charge in [0.05, 0.1) is 23.3 Å². The molecule has 0 radical (unpaired) electrons. The molecule has 2 atom stereocenters. The molecule has 0 bridgehead atoms. The molecule has 2 aromatic carbocycles. The third-order valence-corrected chi connectivity index (χ3v) is 4.92. The minimum atomic E-state index is -4.57. The van der Waals surface area contributed by atoms with Crippen LogP contribution in [0.4, 0.5) is 13.2 Å². The molecule has 1 aliphatic rings. The summed E-state index contributed by atoms with van der Waals surface area (Å²) in [6.45, 7) is 6.55. The molecule has 1 amide bonds. The molecule has 1 aliphatic heterocycles. The number of hydrogen-bond acceptors (Lipinski definition) is 3. The first-order valence-corrected chi connectivity index (χ1v) is 9.63. The molecular formula is C22H25F3N2O2. The second-order valence-electron chi connectivity index (χ2n) is 7.45. The number of benzene rings is 2. The first-order chi connectivity index (χ1) is 13.7. The van der Waals surface area contributed by atoms with Crippen molar-refractivity contribution >= 4 is 5.91 Å². The summed E-state index contributed by atoms with van der Waals surface area (Å²) in [5, 5.41) is 2.64. The van der Waals surface area contributed by atoms with Gasteiger partial charge >= 0.3 is 6.18 Å². The lowest BCUT2D eigenvalue weighted by Crippen LogP contribution is -2.45. The molecule has 0 aliphatic carbocycles. The zero-order chi connectivity index (χ0) is 21.0. The van der Waals surface area contributed by atoms with Gasteiger partial charge in [0.25, 0.3) is 5.91 Å². The lowest BCUT2D eigenvalue weighted by Gasteiger charge is -2.35. The molecule has 29 heavy (non-hydrogen) atoms. The average molecular weight is 406 g/mol. The summed E-state index contributed by atoms with van der Waals surface area (Å²) in [5.74, 6) is -0.735. The standard InChI is InChI=1S/C22H25F3N2O2/c1-15-12-27(13-16(2)29-15)14-18-8-4-3-7-17(18)11-26-21(28)19-9-5-6-10-20(19)22(23,24)25/h3-10,15-16H,11-14H2,1-2H3,(H,26,28)/t15-,16+. The minimum absolute atomic E-state index is 0.143. The summed E-state index contributed by atoms with van der Waals surface area (Å²) in [6.07, 6.45) is -4.29. The van der Waals surface area contributed by atoms with Gasteiger partial charge in [-0.2, -0.15) is 13.2 Å². The van der Waals surface area contributed by atoms with Crippen LogP contribution in [0, 0.1) is 0 Å². The van der Waals surface area contributed by atoms with Crippen LogP contribution in [0.2, 0.25) is 0 Å². The Morgan fingerprint density at radius 1 is 1.03 bits per heavy atom. The largest absolute Gasteiger partial charge is 0.417 e. The number of ether oxygens (including phenoxy) is 1. The molecule has 0 unspecified atom stereocenters. The van der Waals surface area contributed by atoms with E-state index in [0.717, 1.165) is 30.3 Å². The van der Waals surface area contributed by atoms with E-state index >= 15 is 0 Å². The van der Waals surface area contributed by atoms with E-state index in [1.54, 1.807) is 0 Å². The summed E-state index contributed by atoms with van der Waals surface area (Å²) in [5.41, 5.74) is 0.630. The van der Waals surface area contributed by atoms with Crippen molar-refractivity contribution < 1.29 is 22.7 Å². The Hall–Kier alpha value is -2.38. The van der Waals surface area contributed by atoms with Gasteiger partial charge in [-0.05, 0) is 37.1 Å². The highest BCUT2D eigenvalue weighted by atomic mass is 19.4. The monoisotopic (exact) mass is 406 g/mol. The summed E-state index contributed by atoms with van der Waals surface area (Å²) in [6, 6.07) is 12.5. The van der Waals surface area contributed by atoms with Crippen LogP contribution in [0.25, 0.3) is 0 Å². The molecule has 2 aromatic rings. The number of carbonyl (C=O) groups is 1. The zero-order valence-electron chi connectivity index (χ0n) is 16.5. The van der Waals surface area contributed by atoms with Crippen LogP contribution < -0.4 is 5.32 Å². The summed E-state index contributed by atoms with van der Waals surface area (Å²) >= 11 is 0. The number of morpholine rings is 1. The summed E-state index contributed by atoms with van der Waals surface area (Å²) < 4.78 is 45.3. The van der Waals surface area contributed by atoms with Crippen molar-refractivity contribution in [2.75, 3.05) is 13.1 Å². The Kier molecular flexibility index (Phi) is 6.59. The fourth-order valence-corrected chi connectivity index (χ4v) is 3.74. The highest BCUT2D eigenvalue weighted by Crippen LogP contribution is 2.31. The SMILES string of the molecule is C[C@@H]1CN(Cc2ccccc2CNC(=O)c2ccccc2C(F)(F)F)C[C@H](C)O1. The van der Waals surface area contributed by atoms with Crippen molar-refractivity contribution in [3.63, 3.8) is 0 Å². The lowest BCUT2D eigenvalue weighted by molar-refractivity contribution is -0.137. The Balaban J connectivity index is 1.70. The van der Waals surface area contributed by atoms with Gasteiger partial charge in [0.15, 0.2) is 0 Å². The van der Waals surface area contributed by atoms with E-state index in [-0.39, 0.29) is 24.3 Å². The maximum atomic E-state index is 13.2. The lowest BCUT2D eigenvalue weighted by atomic mass is 10.0. The third-order valence-electron chi connectivity index (χ3n) is 4.92. The van der Waals surface area contributed by atoms with Gasteiger partial charge in [0.2, 0.25) is 0 Å². The molecule has 0 saturated carbocycles. The molecule has 156 valence electrons. The minimum Gasteiger partial charge on any atom is -0.373 e. The number of alkyl halides is 3. The summed E-state index contributed by atoms with van der Waals surface area (Å²) in [4.78, 5) is 14.7. The van der Waals surface area contributed by atoms with Gasteiger partial charge in [0.1, 0.15) is 0 Å². The van der Waals surface area contributed by atoms with Crippen LogP contribution in [0.5, 0.6) is 0 Å². The quantitative estimate of drug-likeness (QED) is 0.808. The number of nitrogens with zero attached hydrogens (tertiary/aromatic N) is 1. The fraction of sp³-hybridized carbons (Fsp3) is 0.409. The van der Waals surface area contributed by atoms with Crippen LogP contribution in [0.3, 0.4) is 0 Å². The molecule has 1 heterocycles. The van der Waals surface area contributed by atoms with E-state index in [9.17, 15) is 18.0 Å². The topological polar surface area (TPSA) is 41.6 Å². The van der Waals surface area contributed by atoms with Crippen LogP contribution in [0.15, 0.2) is 48.5 Å². The van der Waals surface area contributed by atoms with Crippen molar-refractivity contribution in [3.8, 4) is 0 Å². The molecule has 4 nitrogen and oxygen atoms in total. The summed E-state index contributed by atoms with van der Waals surface area (Å²) in [7, 11) is 0. The molecule has 0 spiro atoms. The van der Waals surface area contributed by atoms with Crippen LogP contribution in [-0.2, 0) is 24.0 Å². The molecule has 1 saturated heterocycles. The number of rotatable bonds is 5. The van der Waals surface area contributed by atoms with Gasteiger partial charge in [-0.15, -0.1) is 0 Å². The van der Waals surface area contributed by atoms with Gasteiger partial charge in [-0.25, -0.2) is 0 Å². The molecular weight excluding hydrogens is 381 g/mol. The highest BCUT2D eigenvalue weighted by molar-refractivity contribution is 5.95. The first-order valence-electron chi connectivity index (χ1n) is 9.63. The Morgan fingerprint density at radius 2 is 1.62 bits per heavy atom. The third kappa shape index (κ3) is 5.58. The zero-order valence-corrected chi connectivity index (χ0v) is 16.5. The predicted octanol–water partition coefficient (Wildman–Crippen LogP) is 4.24. The number of halogens is 3. The highest BCUT2D eigenvalue weighted by Gasteiger charge is 2.34. The van der Waals surface area contributed by atoms with Crippen molar-refractivity contribution in [1.82, 2.24) is 10.2 Å². The van der Waals surface area contributed by atoms with E-state index < -0.39 is 17.6 Å². The molecule has 0 aromatic heterocycles. The molecule has 3 rings (SSSR count). The number of carbonyl (C=O) groups excluding carboxylic acids is 1. The predicted molar refractivity (Wildman–Crippen MR) is 104 cm³/mol. The maximum absolute atomic E-state index is 13.2. The second kappa shape index (κ2) is 8.97. The molecule has 7 heteroatoms. The van der Waals surface area contributed by atoms with Gasteiger partial charge in [-0.3, -0.25) is 9.69 Å². The van der Waals surface area contributed by atoms with Crippen LogP contribution in [-0.4, -0.2) is 36.1 Å². The fourth-order valence-electron chi connectivity index (χ4n) is 3.74. The number of amides is 1. The van der Waals surface area contributed by atoms with E-state index in [2.05, 4.69) is 10.2 Å². The van der Waals surface area contributed by atoms with Crippen LogP contribution in [0.1, 0.15) is 40.9 Å². The van der Waals surface area contributed by atoms with Crippen molar-refractivity contribution in [2.45, 2.75) is 45.3 Å². The van der Waals surface area contributed by atoms with Gasteiger partial charge in [-0.1, -0.05) is 36.4 Å². The molecule has 1 fully saturated rings. The van der Waals surface area contributed by atoms with E-state index in [0.29, 0.717) is 6.54 Å². The number of hydrogen-bond donors (Lipinski definition) is 1. The first kappa shape index (κ1) is 21.3. The van der Waals surface area contributed by atoms with E-state index in [4.69, 9.17) is 4.74 Å². The maximum Gasteiger partial charge on any atom is 0.417 e. The average Bonchev–Trinajstić information content (AvgIpc) is 2.65. The smallest absolute Gasteiger partial charge is 0.373 e. The Labute approximate surface area is 168 Å². The molecule has 1 N–H and O–H groups in total. The Bertz CT molecular complexity index is 844. The van der Waals surface area contributed by atoms with Crippen molar-refractivity contribution in [1.29, 1.82) is 0 Å². The van der Waals surface area contributed by atoms with Gasteiger partial charge in [0, 0.05) is 26.2 Å². The van der Waals surface area contributed by atoms with Crippen molar-refractivity contribution in [2.24, 2.45) is 0 Å². The van der Waals surface area contributed by atoms with Crippen LogP contribution >= 0.6 is 0 Å². The second-order valence-corrected chi connectivity index (χ2v) is 7.45. The number of nitrogens with one attached hydrogen (secondary N) is 1.